The van der Waals surface area contributed by atoms with Gasteiger partial charge in [-0.05, 0) is 18.2 Å². The van der Waals surface area contributed by atoms with Crippen LogP contribution in [-0.4, -0.2) is 26.4 Å². The average molecular weight is 373 g/mol. The normalized spacial score (nSPS) is 12.9. The number of aromatic nitrogens is 2. The molecule has 2 N–H and O–H groups in total. The van der Waals surface area contributed by atoms with Gasteiger partial charge in [-0.1, -0.05) is 5.92 Å². The minimum absolute atomic E-state index is 0.164. The van der Waals surface area contributed by atoms with Crippen molar-refractivity contribution in [2.45, 2.75) is 18.3 Å². The lowest BCUT2D eigenvalue weighted by Crippen LogP contribution is -2.45. The summed E-state index contributed by atoms with van der Waals surface area (Å²) in [6, 6.07) is 5.74. The first-order valence-electron chi connectivity index (χ1n) is 7.18. The fraction of sp³-hybridized carbons (Fsp3) is 0.176. The Kier molecular flexibility index (Phi) is 5.21. The molecule has 1 unspecified atom stereocenters. The van der Waals surface area contributed by atoms with E-state index in [1.807, 2.05) is 5.92 Å². The Hall–Kier alpha value is -3.81. The number of aliphatic hydroxyl groups is 1. The summed E-state index contributed by atoms with van der Waals surface area (Å²) in [7, 11) is 0. The van der Waals surface area contributed by atoms with Crippen molar-refractivity contribution in [1.29, 1.82) is 10.5 Å². The average Bonchev–Trinajstić information content (AvgIpc) is 3.08. The number of hydrogen-bond donors (Lipinski definition) is 2. The third kappa shape index (κ3) is 4.24. The van der Waals surface area contributed by atoms with Gasteiger partial charge in [0.05, 0.1) is 35.5 Å². The zero-order valence-corrected chi connectivity index (χ0v) is 13.4. The molecule has 0 fully saturated rings. The monoisotopic (exact) mass is 373 g/mol. The topological polar surface area (TPSA) is 115 Å². The molecule has 0 aliphatic rings. The van der Waals surface area contributed by atoms with Gasteiger partial charge in [0.2, 0.25) is 5.60 Å². The van der Waals surface area contributed by atoms with Gasteiger partial charge in [0, 0.05) is 11.9 Å². The zero-order valence-electron chi connectivity index (χ0n) is 13.4. The van der Waals surface area contributed by atoms with Gasteiger partial charge in [-0.3, -0.25) is 9.48 Å². The van der Waals surface area contributed by atoms with Crippen molar-refractivity contribution < 1.29 is 23.1 Å². The standard InChI is InChI=1S/C17H10F3N5O2/c1-2-16(27,10-25-9-11(6-21)8-23-25)15(26)24-13-4-3-12(7-22)14(5-13)17(18,19)20/h1,3-5,8-9,27H,10H2,(H,24,26). The molecule has 1 aromatic heterocycles. The molecule has 0 aliphatic heterocycles. The number of amides is 1. The number of benzene rings is 1. The van der Waals surface area contributed by atoms with Gasteiger partial charge in [-0.15, -0.1) is 6.42 Å². The summed E-state index contributed by atoms with van der Waals surface area (Å²) >= 11 is 0. The molecule has 27 heavy (non-hydrogen) atoms. The minimum Gasteiger partial charge on any atom is -0.368 e. The van der Waals surface area contributed by atoms with Crippen LogP contribution in [0.3, 0.4) is 0 Å². The van der Waals surface area contributed by atoms with E-state index in [1.165, 1.54) is 18.5 Å². The molecule has 0 bridgehead atoms. The Morgan fingerprint density at radius 1 is 1.33 bits per heavy atom. The van der Waals surface area contributed by atoms with Crippen molar-refractivity contribution in [2.75, 3.05) is 5.32 Å². The quantitative estimate of drug-likeness (QED) is 0.791. The van der Waals surface area contributed by atoms with Crippen LogP contribution in [0.15, 0.2) is 30.6 Å². The maximum atomic E-state index is 13.0. The smallest absolute Gasteiger partial charge is 0.368 e. The molecule has 1 atom stereocenters. The number of nitrogens with one attached hydrogen (secondary N) is 1. The molecular formula is C17H10F3N5O2. The van der Waals surface area contributed by atoms with E-state index in [0.717, 1.165) is 16.8 Å². The summed E-state index contributed by atoms with van der Waals surface area (Å²) in [5, 5.41) is 33.7. The second kappa shape index (κ2) is 7.20. The summed E-state index contributed by atoms with van der Waals surface area (Å²) < 4.78 is 40.0. The van der Waals surface area contributed by atoms with Crippen LogP contribution < -0.4 is 5.32 Å². The molecule has 0 spiro atoms. The van der Waals surface area contributed by atoms with E-state index in [-0.39, 0.29) is 11.3 Å². The lowest BCUT2D eigenvalue weighted by atomic mass is 10.0. The molecule has 10 heteroatoms. The van der Waals surface area contributed by atoms with E-state index in [9.17, 15) is 23.1 Å². The van der Waals surface area contributed by atoms with E-state index < -0.39 is 35.4 Å². The second-order valence-electron chi connectivity index (χ2n) is 5.37. The maximum absolute atomic E-state index is 13.0. The van der Waals surface area contributed by atoms with E-state index in [0.29, 0.717) is 6.07 Å². The molecule has 1 amide bonds. The van der Waals surface area contributed by atoms with Crippen LogP contribution in [0.1, 0.15) is 16.7 Å². The van der Waals surface area contributed by atoms with Gasteiger partial charge in [0.25, 0.3) is 5.91 Å². The number of rotatable bonds is 4. The van der Waals surface area contributed by atoms with Crippen LogP contribution in [0.4, 0.5) is 18.9 Å². The molecule has 2 aromatic rings. The number of terminal acetylenes is 1. The van der Waals surface area contributed by atoms with Crippen LogP contribution in [0.25, 0.3) is 0 Å². The van der Waals surface area contributed by atoms with E-state index in [2.05, 4.69) is 10.4 Å². The highest BCUT2D eigenvalue weighted by atomic mass is 19.4. The van der Waals surface area contributed by atoms with Crippen molar-refractivity contribution in [2.24, 2.45) is 0 Å². The Balaban J connectivity index is 2.28. The molecule has 2 rings (SSSR count). The first-order chi connectivity index (χ1) is 12.6. The third-order valence-electron chi connectivity index (χ3n) is 3.47. The Morgan fingerprint density at radius 3 is 2.56 bits per heavy atom. The molecule has 7 nitrogen and oxygen atoms in total. The number of alkyl halides is 3. The third-order valence-corrected chi connectivity index (χ3v) is 3.47. The molecule has 1 aromatic carbocycles. The van der Waals surface area contributed by atoms with Crippen molar-refractivity contribution in [3.63, 3.8) is 0 Å². The largest absolute Gasteiger partial charge is 0.417 e. The number of nitrogens with zero attached hydrogens (tertiary/aromatic N) is 4. The maximum Gasteiger partial charge on any atom is 0.417 e. The lowest BCUT2D eigenvalue weighted by molar-refractivity contribution is -0.137. The van der Waals surface area contributed by atoms with Crippen LogP contribution >= 0.6 is 0 Å². The van der Waals surface area contributed by atoms with Crippen molar-refractivity contribution in [3.05, 3.63) is 47.3 Å². The first-order valence-corrected chi connectivity index (χ1v) is 7.18. The number of carbonyl (C=O) groups is 1. The number of nitriles is 2. The van der Waals surface area contributed by atoms with Gasteiger partial charge in [-0.25, -0.2) is 0 Å². The van der Waals surface area contributed by atoms with Gasteiger partial charge in [-0.2, -0.15) is 28.8 Å². The first kappa shape index (κ1) is 19.5. The number of halogens is 3. The minimum atomic E-state index is -4.81. The molecular weight excluding hydrogens is 363 g/mol. The number of carbonyl (C=O) groups excluding carboxylic acids is 1. The fourth-order valence-electron chi connectivity index (χ4n) is 2.11. The summed E-state index contributed by atoms with van der Waals surface area (Å²) in [5.41, 5.74) is -4.44. The van der Waals surface area contributed by atoms with Crippen LogP contribution in [0.5, 0.6) is 0 Å². The van der Waals surface area contributed by atoms with Crippen LogP contribution in [0, 0.1) is 35.0 Å². The predicted octanol–water partition coefficient (Wildman–Crippen LogP) is 1.65. The summed E-state index contributed by atoms with van der Waals surface area (Å²) in [6.07, 6.45) is 2.82. The van der Waals surface area contributed by atoms with Crippen LogP contribution in [0.2, 0.25) is 0 Å². The van der Waals surface area contributed by atoms with Crippen molar-refractivity contribution in [1.82, 2.24) is 9.78 Å². The van der Waals surface area contributed by atoms with Gasteiger partial charge in [0.1, 0.15) is 6.07 Å². The highest BCUT2D eigenvalue weighted by Crippen LogP contribution is 2.33. The molecule has 0 saturated heterocycles. The van der Waals surface area contributed by atoms with E-state index in [1.54, 1.807) is 6.07 Å². The van der Waals surface area contributed by atoms with E-state index >= 15 is 0 Å². The Labute approximate surface area is 151 Å². The van der Waals surface area contributed by atoms with Gasteiger partial charge >= 0.3 is 6.18 Å². The van der Waals surface area contributed by atoms with Gasteiger partial charge < -0.3 is 10.4 Å². The second-order valence-corrected chi connectivity index (χ2v) is 5.37. The zero-order chi connectivity index (χ0) is 20.2. The number of hydrogen-bond acceptors (Lipinski definition) is 5. The van der Waals surface area contributed by atoms with Crippen molar-refractivity contribution >= 4 is 11.6 Å². The summed E-state index contributed by atoms with van der Waals surface area (Å²) in [6.45, 7) is -0.528. The fourth-order valence-corrected chi connectivity index (χ4v) is 2.11. The van der Waals surface area contributed by atoms with Crippen molar-refractivity contribution in [3.8, 4) is 24.5 Å². The predicted molar refractivity (Wildman–Crippen MR) is 85.5 cm³/mol. The Bertz CT molecular complexity index is 1010. The summed E-state index contributed by atoms with van der Waals surface area (Å²) in [5.74, 6) is 0.697. The molecule has 136 valence electrons. The van der Waals surface area contributed by atoms with E-state index in [4.69, 9.17) is 16.9 Å². The highest BCUT2D eigenvalue weighted by Gasteiger charge is 2.37. The number of anilines is 1. The summed E-state index contributed by atoms with van der Waals surface area (Å²) in [4.78, 5) is 12.3. The SMILES string of the molecule is C#CC(O)(Cn1cc(C#N)cn1)C(=O)Nc1ccc(C#N)c(C(F)(F)F)c1. The molecule has 0 aliphatic carbocycles. The lowest BCUT2D eigenvalue weighted by Gasteiger charge is -2.21. The molecule has 1 heterocycles. The van der Waals surface area contributed by atoms with Gasteiger partial charge in [0.15, 0.2) is 0 Å². The molecule has 0 saturated carbocycles. The van der Waals surface area contributed by atoms with Crippen LogP contribution in [-0.2, 0) is 17.5 Å². The Morgan fingerprint density at radius 2 is 2.04 bits per heavy atom. The highest BCUT2D eigenvalue weighted by molar-refractivity contribution is 5.99. The molecule has 0 radical (unpaired) electrons.